The number of anilines is 1. The summed E-state index contributed by atoms with van der Waals surface area (Å²) in [7, 11) is 0. The summed E-state index contributed by atoms with van der Waals surface area (Å²) in [5.74, 6) is 0. The van der Waals surface area contributed by atoms with E-state index in [0.29, 0.717) is 5.69 Å². The Morgan fingerprint density at radius 3 is 2.73 bits per heavy atom. The summed E-state index contributed by atoms with van der Waals surface area (Å²) in [6.07, 6.45) is -1.28. The summed E-state index contributed by atoms with van der Waals surface area (Å²) in [6.45, 7) is 1.89. The molecule has 0 saturated carbocycles. The molecule has 0 aliphatic heterocycles. The zero-order valence-electron chi connectivity index (χ0n) is 6.13. The molecule has 11 heavy (non-hydrogen) atoms. The highest BCUT2D eigenvalue weighted by Gasteiger charge is 1.97. The van der Waals surface area contributed by atoms with Crippen LogP contribution in [0, 0.1) is 6.92 Å². The summed E-state index contributed by atoms with van der Waals surface area (Å²) in [6, 6.07) is 7.07. The molecule has 3 heteroatoms. The SMILES string of the molecule is Cc1cccc(NC([O])=O)c1. The molecule has 0 aromatic heterocycles. The molecule has 57 valence electrons. The highest BCUT2D eigenvalue weighted by Crippen LogP contribution is 2.08. The highest BCUT2D eigenvalue weighted by atomic mass is 16.4. The van der Waals surface area contributed by atoms with Gasteiger partial charge in [-0.2, -0.15) is 0 Å². The lowest BCUT2D eigenvalue weighted by molar-refractivity contribution is 0.185. The van der Waals surface area contributed by atoms with Crippen LogP contribution in [0.5, 0.6) is 0 Å². The Morgan fingerprint density at radius 1 is 1.45 bits per heavy atom. The Morgan fingerprint density at radius 2 is 2.18 bits per heavy atom. The van der Waals surface area contributed by atoms with Gasteiger partial charge in [0, 0.05) is 5.69 Å². The molecule has 1 aromatic rings. The van der Waals surface area contributed by atoms with Crippen molar-refractivity contribution >= 4 is 11.8 Å². The van der Waals surface area contributed by atoms with Crippen molar-refractivity contribution < 1.29 is 9.90 Å². The number of benzene rings is 1. The van der Waals surface area contributed by atoms with Crippen LogP contribution in [0.4, 0.5) is 10.5 Å². The molecule has 0 aliphatic carbocycles. The van der Waals surface area contributed by atoms with Crippen LogP contribution in [0.3, 0.4) is 0 Å². The lowest BCUT2D eigenvalue weighted by Crippen LogP contribution is -2.05. The lowest BCUT2D eigenvalue weighted by atomic mass is 10.2. The van der Waals surface area contributed by atoms with Crippen molar-refractivity contribution in [3.05, 3.63) is 29.8 Å². The van der Waals surface area contributed by atoms with Crippen molar-refractivity contribution in [3.8, 4) is 0 Å². The van der Waals surface area contributed by atoms with Gasteiger partial charge in [-0.25, -0.2) is 9.90 Å². The Balaban J connectivity index is 2.79. The fourth-order valence-corrected chi connectivity index (χ4v) is 0.841. The van der Waals surface area contributed by atoms with Gasteiger partial charge >= 0.3 is 6.09 Å². The fourth-order valence-electron chi connectivity index (χ4n) is 0.841. The molecule has 0 aliphatic rings. The third kappa shape index (κ3) is 2.29. The molecule has 1 rings (SSSR count). The van der Waals surface area contributed by atoms with Crippen molar-refractivity contribution in [2.24, 2.45) is 0 Å². The fraction of sp³-hybridized carbons (Fsp3) is 0.125. The van der Waals surface area contributed by atoms with Gasteiger partial charge in [0.2, 0.25) is 0 Å². The van der Waals surface area contributed by atoms with Gasteiger partial charge in [-0.05, 0) is 24.6 Å². The van der Waals surface area contributed by atoms with Gasteiger partial charge in [0.25, 0.3) is 0 Å². The van der Waals surface area contributed by atoms with E-state index < -0.39 is 6.09 Å². The molecule has 1 radical (unpaired) electrons. The first kappa shape index (κ1) is 7.60. The first-order chi connectivity index (χ1) is 5.18. The lowest BCUT2D eigenvalue weighted by Gasteiger charge is -1.98. The van der Waals surface area contributed by atoms with Crippen LogP contribution in [-0.4, -0.2) is 6.09 Å². The molecule has 0 bridgehead atoms. The average Bonchev–Trinajstić information content (AvgIpc) is 1.85. The molecule has 1 amide bonds. The van der Waals surface area contributed by atoms with E-state index in [2.05, 4.69) is 5.32 Å². The van der Waals surface area contributed by atoms with Crippen molar-refractivity contribution in [2.45, 2.75) is 6.92 Å². The third-order valence-electron chi connectivity index (χ3n) is 1.26. The first-order valence-corrected chi connectivity index (χ1v) is 3.23. The van der Waals surface area contributed by atoms with Crippen molar-refractivity contribution in [1.82, 2.24) is 0 Å². The van der Waals surface area contributed by atoms with Gasteiger partial charge in [-0.3, -0.25) is 5.32 Å². The second kappa shape index (κ2) is 3.05. The molecule has 0 fully saturated rings. The molecule has 0 saturated heterocycles. The Kier molecular flexibility index (Phi) is 2.11. The average molecular weight is 150 g/mol. The summed E-state index contributed by atoms with van der Waals surface area (Å²) in [4.78, 5) is 10.1. The van der Waals surface area contributed by atoms with Crippen LogP contribution in [0.1, 0.15) is 5.56 Å². The van der Waals surface area contributed by atoms with E-state index in [1.165, 1.54) is 0 Å². The van der Waals surface area contributed by atoms with E-state index in [4.69, 9.17) is 0 Å². The Hall–Kier alpha value is -1.51. The second-order valence-corrected chi connectivity index (χ2v) is 2.28. The molecular formula is C8H8NO2. The number of carbonyl (C=O) groups excluding carboxylic acids is 1. The van der Waals surface area contributed by atoms with Gasteiger partial charge in [-0.15, -0.1) is 0 Å². The van der Waals surface area contributed by atoms with E-state index in [1.807, 2.05) is 13.0 Å². The monoisotopic (exact) mass is 150 g/mol. The van der Waals surface area contributed by atoms with Crippen LogP contribution < -0.4 is 5.32 Å². The summed E-state index contributed by atoms with van der Waals surface area (Å²) in [5, 5.41) is 12.2. The Labute approximate surface area is 64.7 Å². The number of rotatable bonds is 1. The molecule has 0 heterocycles. The van der Waals surface area contributed by atoms with Gasteiger partial charge in [0.05, 0.1) is 0 Å². The van der Waals surface area contributed by atoms with Crippen molar-refractivity contribution in [1.29, 1.82) is 0 Å². The van der Waals surface area contributed by atoms with Crippen LogP contribution in [-0.2, 0) is 5.11 Å². The van der Waals surface area contributed by atoms with Gasteiger partial charge in [-0.1, -0.05) is 12.1 Å². The number of nitrogens with one attached hydrogen (secondary N) is 1. The van der Waals surface area contributed by atoms with Crippen LogP contribution >= 0.6 is 0 Å². The smallest absolute Gasteiger partial charge is 0.288 e. The van der Waals surface area contributed by atoms with E-state index in [1.54, 1.807) is 18.2 Å². The number of hydrogen-bond donors (Lipinski definition) is 1. The van der Waals surface area contributed by atoms with Gasteiger partial charge in [0.15, 0.2) is 0 Å². The number of hydrogen-bond acceptors (Lipinski definition) is 1. The summed E-state index contributed by atoms with van der Waals surface area (Å²) < 4.78 is 0. The highest BCUT2D eigenvalue weighted by molar-refractivity contribution is 5.82. The molecule has 3 nitrogen and oxygen atoms in total. The minimum atomic E-state index is -1.28. The van der Waals surface area contributed by atoms with E-state index in [0.717, 1.165) is 5.56 Å². The summed E-state index contributed by atoms with van der Waals surface area (Å²) >= 11 is 0. The zero-order valence-corrected chi connectivity index (χ0v) is 6.13. The van der Waals surface area contributed by atoms with Crippen LogP contribution in [0.15, 0.2) is 24.3 Å². The van der Waals surface area contributed by atoms with Crippen molar-refractivity contribution in [2.75, 3.05) is 5.32 Å². The molecular weight excluding hydrogens is 142 g/mol. The number of aryl methyl sites for hydroxylation is 1. The minimum Gasteiger partial charge on any atom is -0.288 e. The van der Waals surface area contributed by atoms with Gasteiger partial charge < -0.3 is 0 Å². The standard InChI is InChI=1S/C8H8NO2/c1-6-3-2-4-7(5-6)9-8(10)11/h2-5,9H,1H3. The predicted molar refractivity (Wildman–Crippen MR) is 40.9 cm³/mol. The maximum atomic E-state index is 10.1. The topological polar surface area (TPSA) is 49.0 Å². The summed E-state index contributed by atoms with van der Waals surface area (Å²) in [5.41, 5.74) is 1.56. The van der Waals surface area contributed by atoms with E-state index >= 15 is 0 Å². The van der Waals surface area contributed by atoms with Crippen molar-refractivity contribution in [3.63, 3.8) is 0 Å². The van der Waals surface area contributed by atoms with Crippen LogP contribution in [0.25, 0.3) is 0 Å². The minimum absolute atomic E-state index is 0.546. The zero-order chi connectivity index (χ0) is 8.27. The molecule has 1 aromatic carbocycles. The Bertz CT molecular complexity index is 271. The maximum Gasteiger partial charge on any atom is 0.454 e. The third-order valence-corrected chi connectivity index (χ3v) is 1.26. The maximum absolute atomic E-state index is 10.1. The molecule has 0 atom stereocenters. The normalized spacial score (nSPS) is 9.18. The largest absolute Gasteiger partial charge is 0.454 e. The molecule has 0 spiro atoms. The molecule has 1 N–H and O–H groups in total. The second-order valence-electron chi connectivity index (χ2n) is 2.28. The molecule has 0 unspecified atom stereocenters. The number of carbonyl (C=O) groups is 1. The van der Waals surface area contributed by atoms with E-state index in [-0.39, 0.29) is 0 Å². The van der Waals surface area contributed by atoms with E-state index in [9.17, 15) is 9.90 Å². The first-order valence-electron chi connectivity index (χ1n) is 3.23. The van der Waals surface area contributed by atoms with Gasteiger partial charge in [0.1, 0.15) is 0 Å². The quantitative estimate of drug-likeness (QED) is 0.653. The predicted octanol–water partition coefficient (Wildman–Crippen LogP) is 1.96. The number of amides is 1. The van der Waals surface area contributed by atoms with Crippen LogP contribution in [0.2, 0.25) is 0 Å².